The summed E-state index contributed by atoms with van der Waals surface area (Å²) in [6.45, 7) is 4.25. The molecular formula is C24H26N6O5. The number of amides is 2. The largest absolute Gasteiger partial charge is 0.493 e. The molecule has 0 aliphatic rings. The summed E-state index contributed by atoms with van der Waals surface area (Å²) in [6.07, 6.45) is 3.00. The summed E-state index contributed by atoms with van der Waals surface area (Å²) in [7, 11) is 3.34. The third-order valence-electron chi connectivity index (χ3n) is 5.41. The Labute approximate surface area is 201 Å². The number of furan rings is 1. The molecule has 0 saturated carbocycles. The number of benzene rings is 1. The van der Waals surface area contributed by atoms with Crippen molar-refractivity contribution in [3.8, 4) is 11.5 Å². The smallest absolute Gasteiger partial charge is 0.291 e. The number of methoxy groups -OCH3 is 1. The number of aryl methyl sites for hydroxylation is 2. The van der Waals surface area contributed by atoms with Crippen LogP contribution < -0.4 is 20.1 Å². The first-order valence-electron chi connectivity index (χ1n) is 10.9. The Balaban J connectivity index is 1.46. The third-order valence-corrected chi connectivity index (χ3v) is 5.41. The molecule has 2 N–H and O–H groups in total. The Bertz CT molecular complexity index is 1350. The molecule has 35 heavy (non-hydrogen) atoms. The zero-order chi connectivity index (χ0) is 24.9. The van der Waals surface area contributed by atoms with Crippen LogP contribution in [-0.2, 0) is 20.2 Å². The third kappa shape index (κ3) is 5.03. The lowest BCUT2D eigenvalue weighted by Crippen LogP contribution is -2.21. The number of nitrogens with zero attached hydrogens (tertiary/aromatic N) is 4. The van der Waals surface area contributed by atoms with Gasteiger partial charge in [0.25, 0.3) is 11.8 Å². The predicted octanol–water partition coefficient (Wildman–Crippen LogP) is 3.63. The predicted molar refractivity (Wildman–Crippen MR) is 128 cm³/mol. The van der Waals surface area contributed by atoms with E-state index in [0.29, 0.717) is 29.5 Å². The SMILES string of the molecule is CCn1ncc(NC(=O)c2ccc(COc3ccccc3OC)o2)c1C(=O)Nc1cnn(C)c1C. The van der Waals surface area contributed by atoms with Gasteiger partial charge < -0.3 is 24.5 Å². The monoisotopic (exact) mass is 478 g/mol. The Morgan fingerprint density at radius 2 is 1.71 bits per heavy atom. The van der Waals surface area contributed by atoms with E-state index in [-0.39, 0.29) is 23.7 Å². The van der Waals surface area contributed by atoms with Crippen molar-refractivity contribution >= 4 is 23.2 Å². The van der Waals surface area contributed by atoms with Crippen LogP contribution in [0.15, 0.2) is 53.2 Å². The minimum atomic E-state index is -0.518. The fraction of sp³-hybridized carbons (Fsp3) is 0.250. The van der Waals surface area contributed by atoms with Crippen molar-refractivity contribution in [1.29, 1.82) is 0 Å². The van der Waals surface area contributed by atoms with Gasteiger partial charge >= 0.3 is 0 Å². The zero-order valence-corrected chi connectivity index (χ0v) is 19.9. The molecule has 0 atom stereocenters. The maximum atomic E-state index is 13.0. The summed E-state index contributed by atoms with van der Waals surface area (Å²) in [5, 5.41) is 13.9. The molecule has 0 radical (unpaired) electrons. The quantitative estimate of drug-likeness (QED) is 0.376. The first-order valence-corrected chi connectivity index (χ1v) is 10.9. The molecule has 2 amide bonds. The van der Waals surface area contributed by atoms with E-state index in [9.17, 15) is 9.59 Å². The normalized spacial score (nSPS) is 10.7. The molecule has 4 aromatic rings. The lowest BCUT2D eigenvalue weighted by molar-refractivity contribution is 0.0992. The summed E-state index contributed by atoms with van der Waals surface area (Å²) in [5.41, 5.74) is 1.85. The zero-order valence-electron chi connectivity index (χ0n) is 19.9. The molecule has 0 saturated heterocycles. The second-order valence-corrected chi connectivity index (χ2v) is 7.60. The maximum Gasteiger partial charge on any atom is 0.291 e. The Kier molecular flexibility index (Phi) is 6.86. The number of aromatic nitrogens is 4. The van der Waals surface area contributed by atoms with Gasteiger partial charge in [-0.15, -0.1) is 0 Å². The van der Waals surface area contributed by atoms with E-state index in [0.717, 1.165) is 5.69 Å². The molecule has 0 aliphatic heterocycles. The summed E-state index contributed by atoms with van der Waals surface area (Å²) in [5.74, 6) is 0.746. The van der Waals surface area contributed by atoms with Crippen molar-refractivity contribution in [2.45, 2.75) is 27.0 Å². The van der Waals surface area contributed by atoms with E-state index >= 15 is 0 Å². The van der Waals surface area contributed by atoms with Crippen LogP contribution in [0.4, 0.5) is 11.4 Å². The molecule has 1 aromatic carbocycles. The van der Waals surface area contributed by atoms with Crippen molar-refractivity contribution in [3.63, 3.8) is 0 Å². The summed E-state index contributed by atoms with van der Waals surface area (Å²) in [4.78, 5) is 25.9. The van der Waals surface area contributed by atoms with E-state index in [1.807, 2.05) is 26.0 Å². The fourth-order valence-electron chi connectivity index (χ4n) is 3.41. The van der Waals surface area contributed by atoms with Gasteiger partial charge in [-0.1, -0.05) is 12.1 Å². The molecule has 0 spiro atoms. The van der Waals surface area contributed by atoms with E-state index < -0.39 is 11.8 Å². The number of nitrogens with one attached hydrogen (secondary N) is 2. The van der Waals surface area contributed by atoms with Crippen LogP contribution in [-0.4, -0.2) is 38.5 Å². The molecule has 0 fully saturated rings. The standard InChI is InChI=1S/C24H26N6O5/c1-5-30-22(24(32)27-17-12-25-29(3)15(17)2)18(13-26-30)28-23(31)21-11-10-16(35-21)14-34-20-9-7-6-8-19(20)33-4/h6-13H,5,14H2,1-4H3,(H,27,32)(H,28,31). The van der Waals surface area contributed by atoms with Crippen LogP contribution in [0.3, 0.4) is 0 Å². The van der Waals surface area contributed by atoms with Gasteiger partial charge in [0.2, 0.25) is 0 Å². The van der Waals surface area contributed by atoms with Crippen LogP contribution in [0.1, 0.15) is 39.4 Å². The van der Waals surface area contributed by atoms with Gasteiger partial charge in [0.15, 0.2) is 17.3 Å². The molecule has 11 nitrogen and oxygen atoms in total. The average molecular weight is 479 g/mol. The second kappa shape index (κ2) is 10.2. The molecule has 3 aromatic heterocycles. The molecule has 3 heterocycles. The number of carbonyl (C=O) groups excluding carboxylic acids is 2. The van der Waals surface area contributed by atoms with E-state index in [4.69, 9.17) is 13.9 Å². The Morgan fingerprint density at radius 1 is 1.00 bits per heavy atom. The van der Waals surface area contributed by atoms with E-state index in [1.54, 1.807) is 49.3 Å². The maximum absolute atomic E-state index is 13.0. The summed E-state index contributed by atoms with van der Waals surface area (Å²) < 4.78 is 19.8. The summed E-state index contributed by atoms with van der Waals surface area (Å²) >= 11 is 0. The number of anilines is 2. The average Bonchev–Trinajstić information content (AvgIpc) is 3.58. The molecule has 0 unspecified atom stereocenters. The Hall–Kier alpha value is -4.54. The first-order chi connectivity index (χ1) is 16.9. The summed E-state index contributed by atoms with van der Waals surface area (Å²) in [6, 6.07) is 10.4. The number of hydrogen-bond acceptors (Lipinski definition) is 7. The molecule has 0 aliphatic carbocycles. The topological polar surface area (TPSA) is 125 Å². The second-order valence-electron chi connectivity index (χ2n) is 7.60. The first kappa shape index (κ1) is 23.6. The minimum Gasteiger partial charge on any atom is -0.493 e. The van der Waals surface area contributed by atoms with Crippen LogP contribution in [0.2, 0.25) is 0 Å². The van der Waals surface area contributed by atoms with Crippen molar-refractivity contribution in [2.24, 2.45) is 7.05 Å². The van der Waals surface area contributed by atoms with Crippen LogP contribution in [0.5, 0.6) is 11.5 Å². The van der Waals surface area contributed by atoms with Gasteiger partial charge in [-0.05, 0) is 38.1 Å². The van der Waals surface area contributed by atoms with Crippen LogP contribution in [0, 0.1) is 6.92 Å². The van der Waals surface area contributed by atoms with Crippen molar-refractivity contribution < 1.29 is 23.5 Å². The highest BCUT2D eigenvalue weighted by Crippen LogP contribution is 2.27. The minimum absolute atomic E-state index is 0.0716. The highest BCUT2D eigenvalue weighted by Gasteiger charge is 2.22. The van der Waals surface area contributed by atoms with Gasteiger partial charge in [-0.2, -0.15) is 10.2 Å². The molecular weight excluding hydrogens is 452 g/mol. The van der Waals surface area contributed by atoms with Crippen LogP contribution >= 0.6 is 0 Å². The van der Waals surface area contributed by atoms with Crippen molar-refractivity contribution in [2.75, 3.05) is 17.7 Å². The van der Waals surface area contributed by atoms with Crippen LogP contribution in [0.25, 0.3) is 0 Å². The lowest BCUT2D eigenvalue weighted by atomic mass is 10.3. The van der Waals surface area contributed by atoms with Crippen molar-refractivity contribution in [3.05, 3.63) is 71.7 Å². The number of rotatable bonds is 9. The van der Waals surface area contributed by atoms with Gasteiger partial charge in [0, 0.05) is 13.6 Å². The molecule has 4 rings (SSSR count). The molecule has 11 heteroatoms. The molecule has 182 valence electrons. The number of carbonyl (C=O) groups is 2. The van der Waals surface area contributed by atoms with Gasteiger partial charge in [-0.3, -0.25) is 19.0 Å². The molecule has 0 bridgehead atoms. The van der Waals surface area contributed by atoms with Gasteiger partial charge in [0.05, 0.1) is 36.6 Å². The van der Waals surface area contributed by atoms with E-state index in [1.165, 1.54) is 10.9 Å². The fourth-order valence-corrected chi connectivity index (χ4v) is 3.41. The highest BCUT2D eigenvalue weighted by atomic mass is 16.5. The Morgan fingerprint density at radius 3 is 2.40 bits per heavy atom. The number of para-hydroxylation sites is 2. The number of hydrogen-bond donors (Lipinski definition) is 2. The van der Waals surface area contributed by atoms with Gasteiger partial charge in [0.1, 0.15) is 18.1 Å². The highest BCUT2D eigenvalue weighted by molar-refractivity contribution is 6.11. The van der Waals surface area contributed by atoms with Gasteiger partial charge in [-0.25, -0.2) is 0 Å². The van der Waals surface area contributed by atoms with Crippen molar-refractivity contribution in [1.82, 2.24) is 19.6 Å². The van der Waals surface area contributed by atoms with E-state index in [2.05, 4.69) is 20.8 Å². The lowest BCUT2D eigenvalue weighted by Gasteiger charge is -2.10. The number of ether oxygens (including phenoxy) is 2.